The number of aromatic amines is 1. The fourth-order valence-corrected chi connectivity index (χ4v) is 5.20. The quantitative estimate of drug-likeness (QED) is 0.585. The van der Waals surface area contributed by atoms with E-state index in [0.717, 1.165) is 24.1 Å². The lowest BCUT2D eigenvalue weighted by Crippen LogP contribution is -2.35. The van der Waals surface area contributed by atoms with Gasteiger partial charge in [-0.15, -0.1) is 0 Å². The van der Waals surface area contributed by atoms with Crippen molar-refractivity contribution in [3.63, 3.8) is 0 Å². The molecule has 2 heterocycles. The molecule has 0 radical (unpaired) electrons. The molecular weight excluding hydrogens is 429 g/mol. The van der Waals surface area contributed by atoms with E-state index in [2.05, 4.69) is 17.1 Å². The molecule has 6 nitrogen and oxygen atoms in total. The van der Waals surface area contributed by atoms with Crippen LogP contribution in [0.15, 0.2) is 65.7 Å². The summed E-state index contributed by atoms with van der Waals surface area (Å²) >= 11 is 0. The number of hydrogen-bond acceptors (Lipinski definition) is 3. The van der Waals surface area contributed by atoms with Crippen LogP contribution in [-0.2, 0) is 14.8 Å². The molecule has 0 aliphatic carbocycles. The van der Waals surface area contributed by atoms with Crippen molar-refractivity contribution in [3.05, 3.63) is 72.2 Å². The van der Waals surface area contributed by atoms with E-state index in [-0.39, 0.29) is 23.8 Å². The molecule has 168 valence electrons. The highest BCUT2D eigenvalue weighted by Crippen LogP contribution is 2.29. The number of para-hydroxylation sites is 1. The molecule has 8 heteroatoms. The average molecular weight is 456 g/mol. The second-order valence-corrected chi connectivity index (χ2v) is 10.00. The first-order valence-electron chi connectivity index (χ1n) is 10.6. The first kappa shape index (κ1) is 22.2. The zero-order valence-electron chi connectivity index (χ0n) is 17.9. The molecule has 1 amide bonds. The second kappa shape index (κ2) is 9.26. The molecule has 0 unspecified atom stereocenters. The molecular formula is C24H26FN3O3S. The van der Waals surface area contributed by atoms with E-state index in [0.29, 0.717) is 19.5 Å². The molecule has 1 aliphatic rings. The number of fused-ring (bicyclic) bond motifs is 1. The highest BCUT2D eigenvalue weighted by Gasteiger charge is 2.22. The zero-order chi connectivity index (χ0) is 22.7. The average Bonchev–Trinajstić information content (AvgIpc) is 3.23. The maximum atomic E-state index is 13.1. The first-order chi connectivity index (χ1) is 15.4. The number of nitrogens with one attached hydrogen (secondary N) is 1. The van der Waals surface area contributed by atoms with E-state index in [1.807, 2.05) is 29.3 Å². The van der Waals surface area contributed by atoms with E-state index in [9.17, 15) is 17.6 Å². The Balaban J connectivity index is 1.30. The van der Waals surface area contributed by atoms with Crippen molar-refractivity contribution in [2.45, 2.75) is 24.2 Å². The van der Waals surface area contributed by atoms with Crippen LogP contribution in [0.1, 0.15) is 24.8 Å². The summed E-state index contributed by atoms with van der Waals surface area (Å²) in [5.74, 6) is -0.465. The summed E-state index contributed by atoms with van der Waals surface area (Å²) in [5, 5.41) is 1.18. The molecule has 4 rings (SSSR count). The van der Waals surface area contributed by atoms with Gasteiger partial charge in [-0.2, -0.15) is 0 Å². The number of aromatic nitrogens is 1. The third-order valence-corrected chi connectivity index (χ3v) is 7.75. The van der Waals surface area contributed by atoms with Crippen LogP contribution in [0.4, 0.5) is 4.39 Å². The Labute approximate surface area is 187 Å². The van der Waals surface area contributed by atoms with Crippen molar-refractivity contribution in [3.8, 4) is 0 Å². The number of rotatable bonds is 7. The Morgan fingerprint density at radius 2 is 1.91 bits per heavy atom. The van der Waals surface area contributed by atoms with Crippen LogP contribution in [0.25, 0.3) is 16.5 Å². The summed E-state index contributed by atoms with van der Waals surface area (Å²) in [4.78, 5) is 17.8. The monoisotopic (exact) mass is 455 g/mol. The van der Waals surface area contributed by atoms with Crippen LogP contribution >= 0.6 is 0 Å². The Morgan fingerprint density at radius 1 is 1.16 bits per heavy atom. The van der Waals surface area contributed by atoms with Crippen molar-refractivity contribution in [1.29, 1.82) is 0 Å². The van der Waals surface area contributed by atoms with Gasteiger partial charge in [-0.25, -0.2) is 17.1 Å². The SMILES string of the molecule is CN(CCCC(=O)N1CC=C(c2c[nH]c3ccccc23)CC1)S(=O)(=O)c1ccc(F)cc1. The zero-order valence-corrected chi connectivity index (χ0v) is 18.7. The molecule has 1 N–H and O–H groups in total. The first-order valence-corrected chi connectivity index (χ1v) is 12.1. The van der Waals surface area contributed by atoms with E-state index < -0.39 is 15.8 Å². The van der Waals surface area contributed by atoms with Gasteiger partial charge >= 0.3 is 0 Å². The highest BCUT2D eigenvalue weighted by molar-refractivity contribution is 7.89. The molecule has 0 saturated heterocycles. The number of amides is 1. The van der Waals surface area contributed by atoms with E-state index in [4.69, 9.17) is 0 Å². The molecule has 0 atom stereocenters. The minimum atomic E-state index is -3.70. The van der Waals surface area contributed by atoms with Crippen molar-refractivity contribution in [2.24, 2.45) is 0 Å². The third-order valence-electron chi connectivity index (χ3n) is 5.88. The van der Waals surface area contributed by atoms with Gasteiger partial charge in [0.05, 0.1) is 4.90 Å². The minimum absolute atomic E-state index is 0.0202. The van der Waals surface area contributed by atoms with Crippen LogP contribution < -0.4 is 0 Å². The maximum absolute atomic E-state index is 13.1. The van der Waals surface area contributed by atoms with E-state index >= 15 is 0 Å². The van der Waals surface area contributed by atoms with Gasteiger partial charge < -0.3 is 9.88 Å². The third kappa shape index (κ3) is 4.61. The van der Waals surface area contributed by atoms with Crippen LogP contribution in [0.2, 0.25) is 0 Å². The normalized spacial score (nSPS) is 14.7. The lowest BCUT2D eigenvalue weighted by atomic mass is 9.99. The minimum Gasteiger partial charge on any atom is -0.361 e. The van der Waals surface area contributed by atoms with Crippen molar-refractivity contribution < 1.29 is 17.6 Å². The number of carbonyl (C=O) groups excluding carboxylic acids is 1. The number of benzene rings is 2. The second-order valence-electron chi connectivity index (χ2n) is 7.95. The molecule has 3 aromatic rings. The fraction of sp³-hybridized carbons (Fsp3) is 0.292. The number of sulfonamides is 1. The predicted octanol–water partition coefficient (Wildman–Crippen LogP) is 4.02. The van der Waals surface area contributed by atoms with E-state index in [1.165, 1.54) is 40.0 Å². The summed E-state index contributed by atoms with van der Waals surface area (Å²) < 4.78 is 39.4. The fourth-order valence-electron chi connectivity index (χ4n) is 4.00. The summed E-state index contributed by atoms with van der Waals surface area (Å²) in [6.07, 6.45) is 5.60. The van der Waals surface area contributed by atoms with Gasteiger partial charge in [-0.3, -0.25) is 4.79 Å². The molecule has 0 saturated carbocycles. The maximum Gasteiger partial charge on any atom is 0.242 e. The van der Waals surface area contributed by atoms with Crippen LogP contribution in [-0.4, -0.2) is 55.2 Å². The predicted molar refractivity (Wildman–Crippen MR) is 123 cm³/mol. The van der Waals surface area contributed by atoms with Gasteiger partial charge in [-0.05, 0) is 48.7 Å². The Kier molecular flexibility index (Phi) is 6.43. The topological polar surface area (TPSA) is 73.5 Å². The Hall–Kier alpha value is -2.97. The van der Waals surface area contributed by atoms with Gasteiger partial charge in [0, 0.05) is 55.8 Å². The molecule has 1 aliphatic heterocycles. The Bertz CT molecular complexity index is 1250. The van der Waals surface area contributed by atoms with Crippen LogP contribution in [0.5, 0.6) is 0 Å². The lowest BCUT2D eigenvalue weighted by Gasteiger charge is -2.27. The lowest BCUT2D eigenvalue weighted by molar-refractivity contribution is -0.130. The van der Waals surface area contributed by atoms with Crippen LogP contribution in [0, 0.1) is 5.82 Å². The summed E-state index contributed by atoms with van der Waals surface area (Å²) in [7, 11) is -2.23. The van der Waals surface area contributed by atoms with Crippen molar-refractivity contribution in [2.75, 3.05) is 26.7 Å². The smallest absolute Gasteiger partial charge is 0.242 e. The standard InChI is InChI=1S/C24H26FN3O3S/c1-27(32(30,31)20-10-8-19(25)9-11-20)14-4-7-24(29)28-15-12-18(13-16-28)22-17-26-23-6-3-2-5-21(22)23/h2-3,5-6,8-12,17,26H,4,7,13-16H2,1H3. The highest BCUT2D eigenvalue weighted by atomic mass is 32.2. The van der Waals surface area contributed by atoms with Gasteiger partial charge in [0.15, 0.2) is 0 Å². The molecule has 0 spiro atoms. The number of nitrogens with zero attached hydrogens (tertiary/aromatic N) is 2. The molecule has 2 aromatic carbocycles. The molecule has 32 heavy (non-hydrogen) atoms. The van der Waals surface area contributed by atoms with E-state index in [1.54, 1.807) is 0 Å². The molecule has 0 bridgehead atoms. The van der Waals surface area contributed by atoms with Gasteiger partial charge in [-0.1, -0.05) is 24.3 Å². The van der Waals surface area contributed by atoms with Crippen LogP contribution in [0.3, 0.4) is 0 Å². The van der Waals surface area contributed by atoms with Crippen molar-refractivity contribution >= 4 is 32.4 Å². The number of carbonyl (C=O) groups is 1. The van der Waals surface area contributed by atoms with Gasteiger partial charge in [0.25, 0.3) is 0 Å². The molecule has 0 fully saturated rings. The van der Waals surface area contributed by atoms with Gasteiger partial charge in [0.1, 0.15) is 5.82 Å². The number of H-pyrrole nitrogens is 1. The summed E-state index contributed by atoms with van der Waals surface area (Å²) in [6, 6.07) is 12.9. The molecule has 1 aromatic heterocycles. The number of hydrogen-bond donors (Lipinski definition) is 1. The van der Waals surface area contributed by atoms with Gasteiger partial charge in [0.2, 0.25) is 15.9 Å². The van der Waals surface area contributed by atoms with Crippen molar-refractivity contribution in [1.82, 2.24) is 14.2 Å². The number of halogens is 1. The summed E-state index contributed by atoms with van der Waals surface area (Å²) in [6.45, 7) is 1.42. The summed E-state index contributed by atoms with van der Waals surface area (Å²) in [5.41, 5.74) is 3.51. The Morgan fingerprint density at radius 3 is 2.62 bits per heavy atom. The largest absolute Gasteiger partial charge is 0.361 e.